The van der Waals surface area contributed by atoms with E-state index in [1.807, 2.05) is 24.3 Å². The average molecular weight is 448 g/mol. The lowest BCUT2D eigenvalue weighted by Gasteiger charge is -2.06. The summed E-state index contributed by atoms with van der Waals surface area (Å²) in [5.74, 6) is 1.89. The summed E-state index contributed by atoms with van der Waals surface area (Å²) in [7, 11) is 1.64. The van der Waals surface area contributed by atoms with E-state index in [0.29, 0.717) is 36.0 Å². The monoisotopic (exact) mass is 448 g/mol. The maximum atomic E-state index is 14.6. The van der Waals surface area contributed by atoms with Gasteiger partial charge in [-0.15, -0.1) is 0 Å². The molecule has 4 aromatic carbocycles. The highest BCUT2D eigenvalue weighted by molar-refractivity contribution is 5.84. The van der Waals surface area contributed by atoms with Crippen LogP contribution in [0.4, 0.5) is 17.6 Å². The minimum Gasteiger partial charge on any atom is -0.380 e. The minimum atomic E-state index is -0.939. The fraction of sp³-hybridized carbons (Fsp3) is 0.143. The topological polar surface area (TPSA) is 9.23 Å². The second-order valence-electron chi connectivity index (χ2n) is 7.73. The van der Waals surface area contributed by atoms with Crippen molar-refractivity contribution in [3.63, 3.8) is 0 Å². The number of hydrogen-bond donors (Lipinski definition) is 0. The molecule has 0 amide bonds. The van der Waals surface area contributed by atoms with Gasteiger partial charge in [-0.05, 0) is 65.3 Å². The number of fused-ring (bicyclic) bond motifs is 1. The zero-order valence-electron chi connectivity index (χ0n) is 17.9. The van der Waals surface area contributed by atoms with Crippen LogP contribution in [0.5, 0.6) is 0 Å². The van der Waals surface area contributed by atoms with Crippen LogP contribution < -0.4 is 0 Å². The Morgan fingerprint density at radius 3 is 2.03 bits per heavy atom. The maximum absolute atomic E-state index is 14.6. The Morgan fingerprint density at radius 1 is 0.667 bits per heavy atom. The Kier molecular flexibility index (Phi) is 6.76. The molecule has 5 heteroatoms. The zero-order chi connectivity index (χ0) is 23.4. The standard InChI is InChI=1S/C28H20F4O/c1-33-17-20-5-2-18(3-6-20)4-7-21-15-26(30)24(27(31)16-21)12-9-19-8-11-23-22(14-19)10-13-25(29)28(23)32/h2-3,5-6,8,10-11,13-16H,4,7,17H2,1H3. The molecule has 0 fully saturated rings. The molecular weight excluding hydrogens is 428 g/mol. The van der Waals surface area contributed by atoms with E-state index >= 15 is 0 Å². The van der Waals surface area contributed by atoms with Crippen molar-refractivity contribution in [2.24, 2.45) is 0 Å². The van der Waals surface area contributed by atoms with Crippen molar-refractivity contribution in [2.45, 2.75) is 19.4 Å². The molecule has 0 aromatic heterocycles. The smallest absolute Gasteiger partial charge is 0.166 e. The summed E-state index contributed by atoms with van der Waals surface area (Å²) in [5.41, 5.74) is 2.78. The van der Waals surface area contributed by atoms with Gasteiger partial charge in [-0.25, -0.2) is 17.6 Å². The van der Waals surface area contributed by atoms with Gasteiger partial charge in [0.25, 0.3) is 0 Å². The van der Waals surface area contributed by atoms with Crippen LogP contribution in [0, 0.1) is 35.1 Å². The molecule has 0 bridgehead atoms. The van der Waals surface area contributed by atoms with Gasteiger partial charge in [-0.1, -0.05) is 48.2 Å². The van der Waals surface area contributed by atoms with Crippen LogP contribution in [0.15, 0.2) is 66.7 Å². The summed E-state index contributed by atoms with van der Waals surface area (Å²) < 4.78 is 61.4. The second-order valence-corrected chi connectivity index (χ2v) is 7.73. The molecule has 4 aromatic rings. The summed E-state index contributed by atoms with van der Waals surface area (Å²) in [6.07, 6.45) is 1.13. The number of rotatable bonds is 5. The van der Waals surface area contributed by atoms with Gasteiger partial charge in [0.15, 0.2) is 11.6 Å². The lowest BCUT2D eigenvalue weighted by molar-refractivity contribution is 0.185. The van der Waals surface area contributed by atoms with Gasteiger partial charge in [-0.2, -0.15) is 0 Å². The van der Waals surface area contributed by atoms with Crippen LogP contribution in [-0.4, -0.2) is 7.11 Å². The lowest BCUT2D eigenvalue weighted by atomic mass is 10.0. The Morgan fingerprint density at radius 2 is 1.33 bits per heavy atom. The van der Waals surface area contributed by atoms with E-state index in [0.717, 1.165) is 17.2 Å². The van der Waals surface area contributed by atoms with Crippen LogP contribution in [0.2, 0.25) is 0 Å². The first-order chi connectivity index (χ1) is 15.9. The van der Waals surface area contributed by atoms with Crippen molar-refractivity contribution >= 4 is 10.8 Å². The van der Waals surface area contributed by atoms with Crippen LogP contribution in [0.3, 0.4) is 0 Å². The molecule has 0 spiro atoms. The fourth-order valence-corrected chi connectivity index (χ4v) is 3.62. The average Bonchev–Trinajstić information content (AvgIpc) is 2.81. The van der Waals surface area contributed by atoms with Crippen molar-refractivity contribution in [3.8, 4) is 11.8 Å². The predicted octanol–water partition coefficient (Wildman–Crippen LogP) is 6.73. The van der Waals surface area contributed by atoms with Crippen molar-refractivity contribution in [3.05, 3.63) is 118 Å². The number of halogens is 4. The third-order valence-corrected chi connectivity index (χ3v) is 5.38. The molecule has 166 valence electrons. The van der Waals surface area contributed by atoms with Crippen LogP contribution in [-0.2, 0) is 24.2 Å². The van der Waals surface area contributed by atoms with Crippen molar-refractivity contribution in [2.75, 3.05) is 7.11 Å². The summed E-state index contributed by atoms with van der Waals surface area (Å²) in [4.78, 5) is 0. The van der Waals surface area contributed by atoms with E-state index < -0.39 is 23.3 Å². The van der Waals surface area contributed by atoms with Crippen LogP contribution >= 0.6 is 0 Å². The second kappa shape index (κ2) is 9.89. The first-order valence-electron chi connectivity index (χ1n) is 10.4. The molecule has 0 N–H and O–H groups in total. The molecule has 0 aliphatic carbocycles. The maximum Gasteiger partial charge on any atom is 0.166 e. The third-order valence-electron chi connectivity index (χ3n) is 5.38. The van der Waals surface area contributed by atoms with Crippen molar-refractivity contribution < 1.29 is 22.3 Å². The minimum absolute atomic E-state index is 0.121. The van der Waals surface area contributed by atoms with Gasteiger partial charge in [-0.3, -0.25) is 0 Å². The molecular formula is C28H20F4O. The van der Waals surface area contributed by atoms with Crippen molar-refractivity contribution in [1.29, 1.82) is 0 Å². The highest BCUT2D eigenvalue weighted by atomic mass is 19.2. The van der Waals surface area contributed by atoms with Gasteiger partial charge in [0.2, 0.25) is 0 Å². The number of hydrogen-bond acceptors (Lipinski definition) is 1. The molecule has 1 nitrogen and oxygen atoms in total. The van der Waals surface area contributed by atoms with E-state index in [9.17, 15) is 17.6 Å². The van der Waals surface area contributed by atoms with Gasteiger partial charge in [0, 0.05) is 18.1 Å². The number of benzene rings is 4. The molecule has 0 saturated carbocycles. The van der Waals surface area contributed by atoms with Gasteiger partial charge in [0.1, 0.15) is 11.6 Å². The lowest BCUT2D eigenvalue weighted by Crippen LogP contribution is -1.98. The predicted molar refractivity (Wildman–Crippen MR) is 121 cm³/mol. The van der Waals surface area contributed by atoms with E-state index in [-0.39, 0.29) is 10.9 Å². The molecule has 0 radical (unpaired) electrons. The largest absolute Gasteiger partial charge is 0.380 e. The first-order valence-corrected chi connectivity index (χ1v) is 10.4. The molecule has 0 saturated heterocycles. The van der Waals surface area contributed by atoms with Crippen LogP contribution in [0.25, 0.3) is 10.8 Å². The summed E-state index contributed by atoms with van der Waals surface area (Å²) in [6, 6.07) is 17.4. The van der Waals surface area contributed by atoms with E-state index in [4.69, 9.17) is 4.74 Å². The van der Waals surface area contributed by atoms with Gasteiger partial charge >= 0.3 is 0 Å². The molecule has 33 heavy (non-hydrogen) atoms. The molecule has 0 atom stereocenters. The van der Waals surface area contributed by atoms with E-state index in [1.165, 1.54) is 30.3 Å². The Hall–Kier alpha value is -3.62. The quantitative estimate of drug-likeness (QED) is 0.243. The SMILES string of the molecule is COCc1ccc(CCc2cc(F)c(C#Cc3ccc4c(F)c(F)ccc4c3)c(F)c2)cc1. The summed E-state index contributed by atoms with van der Waals surface area (Å²) in [5, 5.41) is 0.572. The third kappa shape index (κ3) is 5.24. The molecule has 0 unspecified atom stereocenters. The number of ether oxygens (including phenoxy) is 1. The van der Waals surface area contributed by atoms with E-state index in [1.54, 1.807) is 13.2 Å². The molecule has 0 aliphatic heterocycles. The highest BCUT2D eigenvalue weighted by Gasteiger charge is 2.10. The Balaban J connectivity index is 1.50. The summed E-state index contributed by atoms with van der Waals surface area (Å²) >= 11 is 0. The highest BCUT2D eigenvalue weighted by Crippen LogP contribution is 2.22. The van der Waals surface area contributed by atoms with Gasteiger partial charge < -0.3 is 4.74 Å². The first kappa shape index (κ1) is 22.6. The Bertz CT molecular complexity index is 1340. The number of methoxy groups -OCH3 is 1. The zero-order valence-corrected chi connectivity index (χ0v) is 17.9. The normalized spacial score (nSPS) is 10.8. The molecule has 0 heterocycles. The van der Waals surface area contributed by atoms with E-state index in [2.05, 4.69) is 11.8 Å². The van der Waals surface area contributed by atoms with Crippen molar-refractivity contribution in [1.82, 2.24) is 0 Å². The van der Waals surface area contributed by atoms with Crippen LogP contribution in [0.1, 0.15) is 27.8 Å². The number of aryl methyl sites for hydroxylation is 2. The molecule has 4 rings (SSSR count). The summed E-state index contributed by atoms with van der Waals surface area (Å²) in [6.45, 7) is 0.536. The fourth-order valence-electron chi connectivity index (χ4n) is 3.62. The van der Waals surface area contributed by atoms with Gasteiger partial charge in [0.05, 0.1) is 12.2 Å². The Labute approximate surface area is 189 Å². The molecule has 0 aliphatic rings.